The lowest BCUT2D eigenvalue weighted by Gasteiger charge is -2.15. The number of amides is 1. The van der Waals surface area contributed by atoms with Gasteiger partial charge in [0, 0.05) is 23.4 Å². The number of hydrogen-bond acceptors (Lipinski definition) is 7. The van der Waals surface area contributed by atoms with Crippen molar-refractivity contribution in [2.75, 3.05) is 12.4 Å². The summed E-state index contributed by atoms with van der Waals surface area (Å²) in [4.78, 5) is 35.6. The second-order valence-corrected chi connectivity index (χ2v) is 6.73. The fourth-order valence-electron chi connectivity index (χ4n) is 2.31. The van der Waals surface area contributed by atoms with E-state index in [1.165, 1.54) is 37.1 Å². The highest BCUT2D eigenvalue weighted by Crippen LogP contribution is 2.29. The van der Waals surface area contributed by atoms with E-state index in [9.17, 15) is 19.7 Å². The molecule has 0 radical (unpaired) electrons. The van der Waals surface area contributed by atoms with Gasteiger partial charge in [0.05, 0.1) is 17.7 Å². The van der Waals surface area contributed by atoms with Crippen molar-refractivity contribution in [2.45, 2.75) is 32.3 Å². The lowest BCUT2D eigenvalue weighted by molar-refractivity contribution is -0.384. The van der Waals surface area contributed by atoms with Gasteiger partial charge in [-0.25, -0.2) is 0 Å². The van der Waals surface area contributed by atoms with Gasteiger partial charge in [0.25, 0.3) is 11.6 Å². The molecule has 2 rings (SSSR count). The summed E-state index contributed by atoms with van der Waals surface area (Å²) in [5.41, 5.74) is -0.0541. The monoisotopic (exact) mass is 392 g/mol. The third-order valence-electron chi connectivity index (χ3n) is 3.71. The molecule has 0 aliphatic rings. The topological polar surface area (TPSA) is 108 Å². The summed E-state index contributed by atoms with van der Waals surface area (Å²) in [6, 6.07) is 7.79. The van der Waals surface area contributed by atoms with Gasteiger partial charge < -0.3 is 14.8 Å². The number of thiophene rings is 1. The average molecular weight is 392 g/mol. The third kappa shape index (κ3) is 6.07. The number of nitro groups is 1. The van der Waals surface area contributed by atoms with Gasteiger partial charge in [0.1, 0.15) is 5.75 Å². The van der Waals surface area contributed by atoms with E-state index in [0.717, 1.165) is 6.42 Å². The van der Waals surface area contributed by atoms with Crippen LogP contribution >= 0.6 is 11.3 Å². The van der Waals surface area contributed by atoms with Crippen LogP contribution in [0.5, 0.6) is 5.75 Å². The molecule has 0 fully saturated rings. The summed E-state index contributed by atoms with van der Waals surface area (Å²) in [6.07, 6.45) is 0.573. The highest BCUT2D eigenvalue weighted by Gasteiger charge is 2.20. The Morgan fingerprint density at radius 2 is 2.11 bits per heavy atom. The van der Waals surface area contributed by atoms with Crippen LogP contribution in [0, 0.1) is 10.1 Å². The van der Waals surface area contributed by atoms with Crippen molar-refractivity contribution in [2.24, 2.45) is 0 Å². The van der Waals surface area contributed by atoms with Gasteiger partial charge in [-0.1, -0.05) is 6.07 Å². The minimum Gasteiger partial charge on any atom is -0.495 e. The van der Waals surface area contributed by atoms with Gasteiger partial charge in [0.15, 0.2) is 6.10 Å². The Morgan fingerprint density at radius 3 is 2.74 bits per heavy atom. The molecule has 0 aliphatic carbocycles. The SMILES string of the molecule is COc1ccc([N+](=O)[O-])cc1NC(=O)[C@H](C)OC(=O)CCCc1cccs1. The summed E-state index contributed by atoms with van der Waals surface area (Å²) in [5, 5.41) is 15.4. The zero-order chi connectivity index (χ0) is 19.8. The van der Waals surface area contributed by atoms with E-state index in [4.69, 9.17) is 9.47 Å². The van der Waals surface area contributed by atoms with E-state index in [2.05, 4.69) is 5.32 Å². The summed E-state index contributed by atoms with van der Waals surface area (Å²) in [6.45, 7) is 1.44. The van der Waals surface area contributed by atoms with Crippen LogP contribution in [0.1, 0.15) is 24.6 Å². The molecule has 1 atom stereocenters. The lowest BCUT2D eigenvalue weighted by atomic mass is 10.2. The fourth-order valence-corrected chi connectivity index (χ4v) is 3.06. The summed E-state index contributed by atoms with van der Waals surface area (Å²) >= 11 is 1.63. The number of methoxy groups -OCH3 is 1. The predicted octanol–water partition coefficient (Wildman–Crippen LogP) is 3.56. The number of anilines is 1. The zero-order valence-corrected chi connectivity index (χ0v) is 15.8. The summed E-state index contributed by atoms with van der Waals surface area (Å²) in [7, 11) is 1.38. The summed E-state index contributed by atoms with van der Waals surface area (Å²) < 4.78 is 10.2. The van der Waals surface area contributed by atoms with Crippen molar-refractivity contribution in [1.29, 1.82) is 0 Å². The first-order chi connectivity index (χ1) is 12.9. The molecule has 8 nitrogen and oxygen atoms in total. The van der Waals surface area contributed by atoms with Crippen LogP contribution < -0.4 is 10.1 Å². The minimum absolute atomic E-state index is 0.136. The van der Waals surface area contributed by atoms with Crippen molar-refractivity contribution in [1.82, 2.24) is 0 Å². The number of aryl methyl sites for hydroxylation is 1. The first kappa shape index (κ1) is 20.4. The molecule has 2 aromatic rings. The molecule has 0 saturated heterocycles. The molecular formula is C18H20N2O6S. The number of carbonyl (C=O) groups is 2. The molecule has 1 aromatic heterocycles. The highest BCUT2D eigenvalue weighted by molar-refractivity contribution is 7.09. The second-order valence-electron chi connectivity index (χ2n) is 5.70. The number of carbonyl (C=O) groups excluding carboxylic acids is 2. The molecule has 9 heteroatoms. The molecule has 0 unspecified atom stereocenters. The van der Waals surface area contributed by atoms with Crippen LogP contribution in [0.3, 0.4) is 0 Å². The van der Waals surface area contributed by atoms with Gasteiger partial charge in [-0.3, -0.25) is 19.7 Å². The zero-order valence-electron chi connectivity index (χ0n) is 15.0. The standard InChI is InChI=1S/C18H20N2O6S/c1-12(26-17(21)7-3-5-14-6-4-10-27-14)18(22)19-15-11-13(20(23)24)8-9-16(15)25-2/h4,6,8-12H,3,5,7H2,1-2H3,(H,19,22)/t12-/m0/s1. The van der Waals surface area contributed by atoms with Crippen molar-refractivity contribution in [3.63, 3.8) is 0 Å². The van der Waals surface area contributed by atoms with Crippen molar-refractivity contribution < 1.29 is 24.0 Å². The third-order valence-corrected chi connectivity index (χ3v) is 4.65. The molecular weight excluding hydrogens is 372 g/mol. The van der Waals surface area contributed by atoms with Crippen LogP contribution in [0.2, 0.25) is 0 Å². The number of nitro benzene ring substituents is 1. The molecule has 0 bridgehead atoms. The quantitative estimate of drug-likeness (QED) is 0.397. The van der Waals surface area contributed by atoms with E-state index in [0.29, 0.717) is 6.42 Å². The number of nitrogens with zero attached hydrogens (tertiary/aromatic N) is 1. The van der Waals surface area contributed by atoms with Crippen LogP contribution in [0.15, 0.2) is 35.7 Å². The molecule has 144 valence electrons. The number of benzene rings is 1. The van der Waals surface area contributed by atoms with Crippen LogP contribution in [-0.2, 0) is 20.7 Å². The number of nitrogens with one attached hydrogen (secondary N) is 1. The van der Waals surface area contributed by atoms with Gasteiger partial charge in [-0.15, -0.1) is 11.3 Å². The van der Waals surface area contributed by atoms with E-state index in [-0.39, 0.29) is 23.5 Å². The molecule has 0 spiro atoms. The van der Waals surface area contributed by atoms with Crippen molar-refractivity contribution in [3.05, 3.63) is 50.7 Å². The normalized spacial score (nSPS) is 11.5. The van der Waals surface area contributed by atoms with Gasteiger partial charge in [-0.2, -0.15) is 0 Å². The molecule has 1 amide bonds. The smallest absolute Gasteiger partial charge is 0.306 e. The van der Waals surface area contributed by atoms with Crippen molar-refractivity contribution >= 4 is 34.6 Å². The van der Waals surface area contributed by atoms with E-state index in [1.807, 2.05) is 17.5 Å². The Morgan fingerprint density at radius 1 is 1.33 bits per heavy atom. The fraction of sp³-hybridized carbons (Fsp3) is 0.333. The minimum atomic E-state index is -1.04. The highest BCUT2D eigenvalue weighted by atomic mass is 32.1. The predicted molar refractivity (Wildman–Crippen MR) is 101 cm³/mol. The van der Waals surface area contributed by atoms with E-state index >= 15 is 0 Å². The Hall–Kier alpha value is -2.94. The largest absolute Gasteiger partial charge is 0.495 e. The average Bonchev–Trinajstić information content (AvgIpc) is 3.14. The Kier molecular flexibility index (Phi) is 7.30. The van der Waals surface area contributed by atoms with Gasteiger partial charge in [-0.05, 0) is 37.3 Å². The van der Waals surface area contributed by atoms with E-state index < -0.39 is 22.9 Å². The number of ether oxygens (including phenoxy) is 2. The van der Waals surface area contributed by atoms with Crippen LogP contribution in [0.4, 0.5) is 11.4 Å². The first-order valence-corrected chi connectivity index (χ1v) is 9.14. The van der Waals surface area contributed by atoms with E-state index in [1.54, 1.807) is 11.3 Å². The molecule has 1 N–H and O–H groups in total. The Labute approximate surface area is 160 Å². The van der Waals surface area contributed by atoms with Crippen LogP contribution in [0.25, 0.3) is 0 Å². The number of hydrogen-bond donors (Lipinski definition) is 1. The maximum absolute atomic E-state index is 12.2. The second kappa shape index (κ2) is 9.67. The molecule has 27 heavy (non-hydrogen) atoms. The number of non-ortho nitro benzene ring substituents is 1. The molecule has 1 heterocycles. The molecule has 0 saturated carbocycles. The van der Waals surface area contributed by atoms with Gasteiger partial charge >= 0.3 is 5.97 Å². The maximum atomic E-state index is 12.2. The van der Waals surface area contributed by atoms with Gasteiger partial charge in [0.2, 0.25) is 0 Å². The summed E-state index contributed by atoms with van der Waals surface area (Å²) in [5.74, 6) is -0.802. The van der Waals surface area contributed by atoms with Crippen molar-refractivity contribution in [3.8, 4) is 5.75 Å². The Balaban J connectivity index is 1.88. The number of rotatable bonds is 9. The molecule has 0 aliphatic heterocycles. The first-order valence-electron chi connectivity index (χ1n) is 8.26. The van der Waals surface area contributed by atoms with Crippen LogP contribution in [-0.4, -0.2) is 30.0 Å². The molecule has 1 aromatic carbocycles. The Bertz CT molecular complexity index is 806. The maximum Gasteiger partial charge on any atom is 0.306 e. The number of esters is 1. The lowest BCUT2D eigenvalue weighted by Crippen LogP contribution is -2.30.